The third-order valence-corrected chi connectivity index (χ3v) is 5.66. The number of carbonyl (C=O) groups excluding carboxylic acids is 1. The predicted octanol–water partition coefficient (Wildman–Crippen LogP) is 3.23. The summed E-state index contributed by atoms with van der Waals surface area (Å²) in [6, 6.07) is 12.9. The molecule has 0 bridgehead atoms. The molecule has 0 unspecified atom stereocenters. The first kappa shape index (κ1) is 22.1. The van der Waals surface area contributed by atoms with E-state index in [1.54, 1.807) is 45.7 Å². The van der Waals surface area contributed by atoms with E-state index in [0.717, 1.165) is 11.3 Å². The maximum Gasteiger partial charge on any atom is 0.276 e. The Labute approximate surface area is 191 Å². The number of nitrogens with zero attached hydrogens (tertiary/aromatic N) is 3. The van der Waals surface area contributed by atoms with E-state index in [1.165, 1.54) is 25.3 Å². The zero-order chi connectivity index (χ0) is 23.5. The molecule has 0 aliphatic heterocycles. The van der Waals surface area contributed by atoms with Gasteiger partial charge in [0.15, 0.2) is 0 Å². The molecule has 0 radical (unpaired) electrons. The highest BCUT2D eigenvalue weighted by Crippen LogP contribution is 2.23. The highest BCUT2D eigenvalue weighted by molar-refractivity contribution is 5.95. The second-order valence-electron chi connectivity index (χ2n) is 7.81. The van der Waals surface area contributed by atoms with Crippen molar-refractivity contribution in [3.8, 4) is 22.8 Å². The topological polar surface area (TPSA) is 86.9 Å². The van der Waals surface area contributed by atoms with Gasteiger partial charge in [-0.25, -0.2) is 4.52 Å². The van der Waals surface area contributed by atoms with Gasteiger partial charge < -0.3 is 19.4 Å². The van der Waals surface area contributed by atoms with Crippen molar-refractivity contribution in [1.29, 1.82) is 0 Å². The summed E-state index contributed by atoms with van der Waals surface area (Å²) in [4.78, 5) is 25.5. The molecule has 0 aliphatic rings. The SMILES string of the molecule is COc1cc(OC)cc(C(=O)NCCn2ccn3nc(-c4ccc(C)c(C)c4)cc3c2=O)c1. The number of hydrogen-bond acceptors (Lipinski definition) is 5. The summed E-state index contributed by atoms with van der Waals surface area (Å²) in [7, 11) is 3.06. The molecule has 8 heteroatoms. The van der Waals surface area contributed by atoms with E-state index in [-0.39, 0.29) is 18.0 Å². The van der Waals surface area contributed by atoms with Crippen molar-refractivity contribution in [1.82, 2.24) is 19.5 Å². The highest BCUT2D eigenvalue weighted by atomic mass is 16.5. The Balaban J connectivity index is 1.49. The molecular formula is C25H26N4O4. The second-order valence-corrected chi connectivity index (χ2v) is 7.81. The lowest BCUT2D eigenvalue weighted by Crippen LogP contribution is -2.31. The lowest BCUT2D eigenvalue weighted by molar-refractivity contribution is 0.0951. The molecule has 0 spiro atoms. The van der Waals surface area contributed by atoms with Crippen LogP contribution in [-0.4, -0.2) is 40.9 Å². The molecule has 4 aromatic rings. The number of aryl methyl sites for hydroxylation is 2. The molecule has 33 heavy (non-hydrogen) atoms. The van der Waals surface area contributed by atoms with Gasteiger partial charge in [0.25, 0.3) is 11.5 Å². The summed E-state index contributed by atoms with van der Waals surface area (Å²) in [5.74, 6) is 0.783. The smallest absolute Gasteiger partial charge is 0.276 e. The number of benzene rings is 2. The minimum Gasteiger partial charge on any atom is -0.497 e. The number of hydrogen-bond donors (Lipinski definition) is 1. The Morgan fingerprint density at radius 2 is 1.70 bits per heavy atom. The molecule has 8 nitrogen and oxygen atoms in total. The van der Waals surface area contributed by atoms with E-state index in [0.29, 0.717) is 29.1 Å². The van der Waals surface area contributed by atoms with Gasteiger partial charge in [-0.05, 0) is 49.2 Å². The first-order valence-electron chi connectivity index (χ1n) is 10.6. The van der Waals surface area contributed by atoms with E-state index in [2.05, 4.69) is 30.3 Å². The van der Waals surface area contributed by atoms with Gasteiger partial charge >= 0.3 is 0 Å². The highest BCUT2D eigenvalue weighted by Gasteiger charge is 2.12. The quantitative estimate of drug-likeness (QED) is 0.471. The van der Waals surface area contributed by atoms with Crippen LogP contribution < -0.4 is 20.3 Å². The number of aromatic nitrogens is 3. The van der Waals surface area contributed by atoms with Gasteiger partial charge in [0.2, 0.25) is 0 Å². The van der Waals surface area contributed by atoms with Crippen LogP contribution >= 0.6 is 0 Å². The van der Waals surface area contributed by atoms with Gasteiger partial charge in [0.05, 0.1) is 19.9 Å². The third-order valence-electron chi connectivity index (χ3n) is 5.66. The number of fused-ring (bicyclic) bond motifs is 1. The molecule has 1 N–H and O–H groups in total. The largest absolute Gasteiger partial charge is 0.497 e. The maximum absolute atomic E-state index is 13.0. The van der Waals surface area contributed by atoms with Crippen LogP contribution in [0.15, 0.2) is 59.7 Å². The molecule has 0 saturated carbocycles. The van der Waals surface area contributed by atoms with E-state index >= 15 is 0 Å². The van der Waals surface area contributed by atoms with Crippen molar-refractivity contribution in [2.75, 3.05) is 20.8 Å². The summed E-state index contributed by atoms with van der Waals surface area (Å²) < 4.78 is 13.6. The molecule has 170 valence electrons. The average molecular weight is 447 g/mol. The van der Waals surface area contributed by atoms with Crippen molar-refractivity contribution in [2.24, 2.45) is 0 Å². The fourth-order valence-electron chi connectivity index (χ4n) is 3.57. The average Bonchev–Trinajstić information content (AvgIpc) is 3.27. The van der Waals surface area contributed by atoms with Crippen molar-refractivity contribution >= 4 is 11.4 Å². The third kappa shape index (κ3) is 4.59. The Hall–Kier alpha value is -4.07. The number of nitrogens with one attached hydrogen (secondary N) is 1. The Kier molecular flexibility index (Phi) is 6.17. The Bertz CT molecular complexity index is 1360. The van der Waals surface area contributed by atoms with E-state index in [9.17, 15) is 9.59 Å². The van der Waals surface area contributed by atoms with Crippen LogP contribution in [0.2, 0.25) is 0 Å². The van der Waals surface area contributed by atoms with Crippen LogP contribution in [0.1, 0.15) is 21.5 Å². The van der Waals surface area contributed by atoms with Crippen LogP contribution in [0.25, 0.3) is 16.8 Å². The zero-order valence-corrected chi connectivity index (χ0v) is 19.1. The molecule has 4 rings (SSSR count). The summed E-state index contributed by atoms with van der Waals surface area (Å²) in [6.07, 6.45) is 3.42. The molecule has 0 fully saturated rings. The molecule has 0 saturated heterocycles. The Morgan fingerprint density at radius 3 is 2.36 bits per heavy atom. The number of amides is 1. The number of carbonyl (C=O) groups is 1. The Morgan fingerprint density at radius 1 is 0.970 bits per heavy atom. The minimum atomic E-state index is -0.275. The van der Waals surface area contributed by atoms with E-state index in [4.69, 9.17) is 9.47 Å². The van der Waals surface area contributed by atoms with Gasteiger partial charge in [0, 0.05) is 42.7 Å². The lowest BCUT2D eigenvalue weighted by Gasteiger charge is -2.10. The van der Waals surface area contributed by atoms with Crippen LogP contribution in [0, 0.1) is 13.8 Å². The van der Waals surface area contributed by atoms with Gasteiger partial charge in [-0.1, -0.05) is 12.1 Å². The molecule has 2 heterocycles. The van der Waals surface area contributed by atoms with Crippen molar-refractivity contribution < 1.29 is 14.3 Å². The summed E-state index contributed by atoms with van der Waals surface area (Å²) in [5.41, 5.74) is 4.82. The number of ether oxygens (including phenoxy) is 2. The summed E-state index contributed by atoms with van der Waals surface area (Å²) in [6.45, 7) is 4.72. The van der Waals surface area contributed by atoms with Crippen LogP contribution in [0.5, 0.6) is 11.5 Å². The normalized spacial score (nSPS) is 10.9. The van der Waals surface area contributed by atoms with Crippen LogP contribution in [0.3, 0.4) is 0 Å². The van der Waals surface area contributed by atoms with Gasteiger partial charge in [-0.3, -0.25) is 9.59 Å². The minimum absolute atomic E-state index is 0.169. The first-order valence-corrected chi connectivity index (χ1v) is 10.6. The predicted molar refractivity (Wildman–Crippen MR) is 126 cm³/mol. The van der Waals surface area contributed by atoms with Gasteiger partial charge in [0.1, 0.15) is 17.0 Å². The molecule has 2 aromatic heterocycles. The van der Waals surface area contributed by atoms with Crippen molar-refractivity contribution in [3.05, 3.63) is 81.9 Å². The monoisotopic (exact) mass is 446 g/mol. The fourth-order valence-corrected chi connectivity index (χ4v) is 3.57. The zero-order valence-electron chi connectivity index (χ0n) is 19.1. The number of rotatable bonds is 7. The first-order chi connectivity index (χ1) is 15.9. The lowest BCUT2D eigenvalue weighted by atomic mass is 10.0. The van der Waals surface area contributed by atoms with E-state index < -0.39 is 0 Å². The fraction of sp³-hybridized carbons (Fsp3) is 0.240. The van der Waals surface area contributed by atoms with Gasteiger partial charge in [-0.2, -0.15) is 5.10 Å². The number of methoxy groups -OCH3 is 2. The maximum atomic E-state index is 13.0. The molecule has 1 amide bonds. The molecule has 2 aromatic carbocycles. The molecule has 0 aliphatic carbocycles. The van der Waals surface area contributed by atoms with Crippen molar-refractivity contribution in [3.63, 3.8) is 0 Å². The summed E-state index contributed by atoms with van der Waals surface area (Å²) >= 11 is 0. The van der Waals surface area contributed by atoms with Crippen LogP contribution in [-0.2, 0) is 6.54 Å². The molecule has 0 atom stereocenters. The van der Waals surface area contributed by atoms with E-state index in [1.807, 2.05) is 12.1 Å². The van der Waals surface area contributed by atoms with Crippen LogP contribution in [0.4, 0.5) is 0 Å². The summed E-state index contributed by atoms with van der Waals surface area (Å²) in [5, 5.41) is 7.38. The second kappa shape index (κ2) is 9.20. The van der Waals surface area contributed by atoms with Crippen molar-refractivity contribution in [2.45, 2.75) is 20.4 Å². The standard InChI is InChI=1S/C25H26N4O4/c1-16-5-6-18(11-17(16)2)22-15-23-25(31)28(9-10-29(23)27-22)8-7-26-24(30)19-12-20(32-3)14-21(13-19)33-4/h5-6,9-15H,7-8H2,1-4H3,(H,26,30). The van der Waals surface area contributed by atoms with Gasteiger partial charge in [-0.15, -0.1) is 0 Å². The molecular weight excluding hydrogens is 420 g/mol.